The number of amides is 2. The number of hydrogen-bond donors (Lipinski definition) is 1. The largest absolute Gasteiger partial charge is 0.496 e. The fraction of sp³-hybridized carbons (Fsp3) is 0.429. The second-order valence-electron chi connectivity index (χ2n) is 10.5. The average molecular weight is 572 g/mol. The van der Waals surface area contributed by atoms with Crippen molar-refractivity contribution >= 4 is 27.7 Å². The van der Waals surface area contributed by atoms with Gasteiger partial charge in [-0.3, -0.25) is 23.9 Å². The van der Waals surface area contributed by atoms with Gasteiger partial charge in [0.25, 0.3) is 11.8 Å². The summed E-state index contributed by atoms with van der Waals surface area (Å²) in [7, 11) is -0.940. The number of nitrogens with zero attached hydrogens (tertiary/aromatic N) is 4. The Morgan fingerprint density at radius 1 is 1.07 bits per heavy atom. The molecule has 2 heterocycles. The maximum atomic E-state index is 14.5. The van der Waals surface area contributed by atoms with Crippen LogP contribution in [0.1, 0.15) is 49.5 Å². The molecule has 0 radical (unpaired) electrons. The van der Waals surface area contributed by atoms with E-state index in [0.29, 0.717) is 12.2 Å². The van der Waals surface area contributed by atoms with E-state index in [9.17, 15) is 18.0 Å². The highest BCUT2D eigenvalue weighted by atomic mass is 32.2. The molecule has 40 heavy (non-hydrogen) atoms. The highest BCUT2D eigenvalue weighted by Crippen LogP contribution is 2.35. The zero-order chi connectivity index (χ0) is 29.6. The minimum atomic E-state index is -3.99. The minimum absolute atomic E-state index is 0.0432. The molecule has 0 spiro atoms. The molecule has 1 N–H and O–H groups in total. The van der Waals surface area contributed by atoms with E-state index in [1.165, 1.54) is 36.2 Å². The number of nitrogens with one attached hydrogen (secondary N) is 1. The highest BCUT2D eigenvalue weighted by molar-refractivity contribution is 7.89. The molecule has 0 aliphatic rings. The van der Waals surface area contributed by atoms with E-state index < -0.39 is 27.4 Å². The van der Waals surface area contributed by atoms with Gasteiger partial charge in [0.15, 0.2) is 0 Å². The van der Waals surface area contributed by atoms with Crippen molar-refractivity contribution in [3.05, 3.63) is 72.2 Å². The maximum Gasteiger partial charge on any atom is 0.261 e. The van der Waals surface area contributed by atoms with Crippen LogP contribution < -0.4 is 14.4 Å². The van der Waals surface area contributed by atoms with Gasteiger partial charge in [-0.15, -0.1) is 0 Å². The first-order valence-electron chi connectivity index (χ1n) is 12.7. The number of aromatic nitrogens is 3. The van der Waals surface area contributed by atoms with E-state index in [-0.39, 0.29) is 36.4 Å². The van der Waals surface area contributed by atoms with E-state index in [0.717, 1.165) is 11.8 Å². The summed E-state index contributed by atoms with van der Waals surface area (Å²) in [5, 5.41) is 4.26. The van der Waals surface area contributed by atoms with Crippen LogP contribution in [0.2, 0.25) is 0 Å². The second kappa shape index (κ2) is 12.6. The molecule has 0 aliphatic heterocycles. The zero-order valence-corrected chi connectivity index (χ0v) is 24.6. The Bertz CT molecular complexity index is 1400. The molecule has 11 nitrogen and oxygen atoms in total. The first kappa shape index (κ1) is 30.8. The number of anilines is 1. The van der Waals surface area contributed by atoms with Crippen LogP contribution in [0.4, 0.5) is 5.82 Å². The molecular formula is C28H37N5O6S. The first-order valence-corrected chi connectivity index (χ1v) is 14.6. The third-order valence-corrected chi connectivity index (χ3v) is 6.94. The predicted octanol–water partition coefficient (Wildman–Crippen LogP) is 3.17. The number of pyridine rings is 1. The number of hydrogen-bond acceptors (Lipinski definition) is 8. The number of benzene rings is 1. The topological polar surface area (TPSA) is 133 Å². The van der Waals surface area contributed by atoms with Crippen molar-refractivity contribution in [2.75, 3.05) is 32.0 Å². The van der Waals surface area contributed by atoms with Gasteiger partial charge in [0.05, 0.1) is 19.9 Å². The predicted molar refractivity (Wildman–Crippen MR) is 152 cm³/mol. The Morgan fingerprint density at radius 2 is 1.82 bits per heavy atom. The molecule has 0 saturated heterocycles. The SMILES string of the molecule is COCCCC(Cn1cccn1)(C(=O)NS(C)(=O)=O)N(C(=O)c1ccc(C(C)(C)C)c(OC)c1)c1ccccn1. The van der Waals surface area contributed by atoms with Crippen LogP contribution in [0.25, 0.3) is 0 Å². The van der Waals surface area contributed by atoms with Gasteiger partial charge in [0, 0.05) is 37.9 Å². The Hall–Kier alpha value is -3.77. The summed E-state index contributed by atoms with van der Waals surface area (Å²) in [4.78, 5) is 34.2. The lowest BCUT2D eigenvalue weighted by molar-refractivity contribution is -0.125. The van der Waals surface area contributed by atoms with Gasteiger partial charge < -0.3 is 9.47 Å². The first-order chi connectivity index (χ1) is 18.8. The summed E-state index contributed by atoms with van der Waals surface area (Å²) >= 11 is 0. The molecule has 0 bridgehead atoms. The standard InChI is InChI=1S/C28H37N5O6S/c1-27(2,3)22-13-12-21(19-23(22)39-5)25(34)33(24-11-7-8-15-29-24)28(14-9-18-38-4,20-32-17-10-16-30-32)26(35)31-40(6,36)37/h7-8,10-13,15-17,19H,9,14,18,20H2,1-6H3,(H,31,35). The van der Waals surface area contributed by atoms with Gasteiger partial charge in [-0.05, 0) is 54.2 Å². The van der Waals surface area contributed by atoms with E-state index in [4.69, 9.17) is 9.47 Å². The molecule has 0 fully saturated rings. The molecule has 216 valence electrons. The monoisotopic (exact) mass is 571 g/mol. The van der Waals surface area contributed by atoms with E-state index in [1.807, 2.05) is 26.8 Å². The minimum Gasteiger partial charge on any atom is -0.496 e. The Labute approximate surface area is 235 Å². The molecule has 0 saturated carbocycles. The molecule has 2 aromatic heterocycles. The lowest BCUT2D eigenvalue weighted by Gasteiger charge is -2.42. The molecule has 3 aromatic rings. The fourth-order valence-corrected chi connectivity index (χ4v) is 5.09. The van der Waals surface area contributed by atoms with Crippen molar-refractivity contribution in [1.29, 1.82) is 0 Å². The summed E-state index contributed by atoms with van der Waals surface area (Å²) in [5.41, 5.74) is -0.894. The molecular weight excluding hydrogens is 534 g/mol. The number of sulfonamides is 1. The van der Waals surface area contributed by atoms with E-state index >= 15 is 0 Å². The van der Waals surface area contributed by atoms with Crippen LogP contribution in [0.15, 0.2) is 61.1 Å². The molecule has 1 unspecified atom stereocenters. The van der Waals surface area contributed by atoms with Crippen molar-refractivity contribution < 1.29 is 27.5 Å². The summed E-state index contributed by atoms with van der Waals surface area (Å²) in [6.07, 6.45) is 5.95. The molecule has 2 amide bonds. The van der Waals surface area contributed by atoms with Crippen molar-refractivity contribution in [3.8, 4) is 5.75 Å². The average Bonchev–Trinajstić information content (AvgIpc) is 3.40. The number of methoxy groups -OCH3 is 2. The lowest BCUT2D eigenvalue weighted by atomic mass is 9.85. The van der Waals surface area contributed by atoms with Crippen LogP contribution in [-0.2, 0) is 31.5 Å². The van der Waals surface area contributed by atoms with E-state index in [2.05, 4.69) is 14.8 Å². The Kier molecular flexibility index (Phi) is 9.69. The number of rotatable bonds is 12. The molecule has 3 rings (SSSR count). The van der Waals surface area contributed by atoms with Gasteiger partial charge in [0.2, 0.25) is 10.0 Å². The summed E-state index contributed by atoms with van der Waals surface area (Å²) in [6, 6.07) is 11.8. The third kappa shape index (κ3) is 7.24. The quantitative estimate of drug-likeness (QED) is 0.328. The molecule has 0 aliphatic carbocycles. The van der Waals surface area contributed by atoms with Crippen LogP contribution in [0.5, 0.6) is 5.75 Å². The van der Waals surface area contributed by atoms with Crippen molar-refractivity contribution in [2.45, 2.75) is 51.1 Å². The summed E-state index contributed by atoms with van der Waals surface area (Å²) in [6.45, 7) is 6.23. The smallest absolute Gasteiger partial charge is 0.261 e. The molecule has 12 heteroatoms. The van der Waals surface area contributed by atoms with Gasteiger partial charge >= 0.3 is 0 Å². The summed E-state index contributed by atoms with van der Waals surface area (Å²) < 4.78 is 39.1. The van der Waals surface area contributed by atoms with Gasteiger partial charge in [-0.1, -0.05) is 32.9 Å². The number of ether oxygens (including phenoxy) is 2. The van der Waals surface area contributed by atoms with Crippen LogP contribution >= 0.6 is 0 Å². The summed E-state index contributed by atoms with van der Waals surface area (Å²) in [5.74, 6) is -0.777. The highest BCUT2D eigenvalue weighted by Gasteiger charge is 2.49. The van der Waals surface area contributed by atoms with Gasteiger partial charge in [0.1, 0.15) is 17.1 Å². The van der Waals surface area contributed by atoms with Crippen LogP contribution in [0, 0.1) is 0 Å². The number of carbonyl (C=O) groups excluding carboxylic acids is 2. The zero-order valence-electron chi connectivity index (χ0n) is 23.7. The normalized spacial score (nSPS) is 13.3. The maximum absolute atomic E-state index is 14.5. The molecule has 1 aromatic carbocycles. The number of carbonyl (C=O) groups is 2. The Morgan fingerprint density at radius 3 is 2.38 bits per heavy atom. The lowest BCUT2D eigenvalue weighted by Crippen LogP contribution is -2.64. The second-order valence-corrected chi connectivity index (χ2v) is 12.3. The van der Waals surface area contributed by atoms with Crippen LogP contribution in [0.3, 0.4) is 0 Å². The van der Waals surface area contributed by atoms with Crippen molar-refractivity contribution in [2.24, 2.45) is 0 Å². The van der Waals surface area contributed by atoms with Crippen LogP contribution in [-0.4, -0.2) is 67.6 Å². The van der Waals surface area contributed by atoms with E-state index in [1.54, 1.807) is 42.6 Å². The fourth-order valence-electron chi connectivity index (χ4n) is 4.56. The Balaban J connectivity index is 2.30. The van der Waals surface area contributed by atoms with Crippen molar-refractivity contribution in [1.82, 2.24) is 19.5 Å². The van der Waals surface area contributed by atoms with Crippen molar-refractivity contribution in [3.63, 3.8) is 0 Å². The van der Waals surface area contributed by atoms with Gasteiger partial charge in [-0.25, -0.2) is 13.4 Å². The molecule has 1 atom stereocenters. The third-order valence-electron chi connectivity index (χ3n) is 6.39. The van der Waals surface area contributed by atoms with Gasteiger partial charge in [-0.2, -0.15) is 5.10 Å².